The van der Waals surface area contributed by atoms with Crippen molar-refractivity contribution in [2.75, 3.05) is 23.8 Å². The van der Waals surface area contributed by atoms with Gasteiger partial charge in [0.2, 0.25) is 0 Å². The van der Waals surface area contributed by atoms with Gasteiger partial charge in [0.05, 0.1) is 6.61 Å². The Kier molecular flexibility index (Phi) is 4.14. The van der Waals surface area contributed by atoms with E-state index in [0.717, 1.165) is 5.82 Å². The van der Waals surface area contributed by atoms with Gasteiger partial charge in [-0.1, -0.05) is 19.3 Å². The minimum Gasteiger partial charge on any atom is -0.395 e. The Hall–Kier alpha value is -1.36. The Bertz CT molecular complexity index is 352. The fraction of sp³-hybridized carbons (Fsp3) is 0.667. The van der Waals surface area contributed by atoms with E-state index in [-0.39, 0.29) is 6.61 Å². The standard InChI is InChI=1S/C12H20N4O/c13-11-8-12(15-9-14-11)16(6-7-17)10-4-2-1-3-5-10/h8-10,17H,1-7H2,(H2,13,14,15). The predicted octanol–water partition coefficient (Wildman–Crippen LogP) is 1.19. The number of aromatic nitrogens is 2. The van der Waals surface area contributed by atoms with Crippen LogP contribution in [0.4, 0.5) is 11.6 Å². The van der Waals surface area contributed by atoms with E-state index in [4.69, 9.17) is 5.73 Å². The molecule has 0 spiro atoms. The van der Waals surface area contributed by atoms with Gasteiger partial charge < -0.3 is 15.7 Å². The molecule has 0 saturated heterocycles. The van der Waals surface area contributed by atoms with E-state index in [9.17, 15) is 5.11 Å². The molecule has 0 aromatic carbocycles. The second-order valence-electron chi connectivity index (χ2n) is 4.51. The third kappa shape index (κ3) is 3.06. The average molecular weight is 236 g/mol. The summed E-state index contributed by atoms with van der Waals surface area (Å²) in [5, 5.41) is 9.18. The zero-order valence-corrected chi connectivity index (χ0v) is 10.0. The molecule has 2 rings (SSSR count). The lowest BCUT2D eigenvalue weighted by molar-refractivity contribution is 0.289. The molecule has 0 radical (unpaired) electrons. The maximum Gasteiger partial charge on any atom is 0.134 e. The Morgan fingerprint density at radius 3 is 2.71 bits per heavy atom. The van der Waals surface area contributed by atoms with Gasteiger partial charge in [0, 0.05) is 18.7 Å². The van der Waals surface area contributed by atoms with E-state index < -0.39 is 0 Å². The van der Waals surface area contributed by atoms with Crippen LogP contribution in [-0.4, -0.2) is 34.3 Å². The number of hydrogen-bond donors (Lipinski definition) is 2. The number of hydrogen-bond acceptors (Lipinski definition) is 5. The van der Waals surface area contributed by atoms with Crippen LogP contribution >= 0.6 is 0 Å². The number of rotatable bonds is 4. The second kappa shape index (κ2) is 5.82. The molecule has 17 heavy (non-hydrogen) atoms. The number of nitrogen functional groups attached to an aromatic ring is 1. The van der Waals surface area contributed by atoms with Crippen LogP contribution in [0.3, 0.4) is 0 Å². The highest BCUT2D eigenvalue weighted by Gasteiger charge is 2.22. The Morgan fingerprint density at radius 1 is 1.29 bits per heavy atom. The summed E-state index contributed by atoms with van der Waals surface area (Å²) < 4.78 is 0. The molecule has 1 aliphatic rings. The summed E-state index contributed by atoms with van der Waals surface area (Å²) in [7, 11) is 0. The highest BCUT2D eigenvalue weighted by Crippen LogP contribution is 2.26. The zero-order chi connectivity index (χ0) is 12.1. The third-order valence-electron chi connectivity index (χ3n) is 3.32. The molecule has 0 unspecified atom stereocenters. The predicted molar refractivity (Wildman–Crippen MR) is 67.7 cm³/mol. The van der Waals surface area contributed by atoms with E-state index in [1.165, 1.54) is 38.4 Å². The number of nitrogens with two attached hydrogens (primary N) is 1. The Labute approximate surface area is 102 Å². The lowest BCUT2D eigenvalue weighted by Gasteiger charge is -2.34. The number of aliphatic hydroxyl groups is 1. The van der Waals surface area contributed by atoms with Gasteiger partial charge in [-0.2, -0.15) is 0 Å². The van der Waals surface area contributed by atoms with Gasteiger partial charge >= 0.3 is 0 Å². The summed E-state index contributed by atoms with van der Waals surface area (Å²) in [6.45, 7) is 0.752. The van der Waals surface area contributed by atoms with Crippen molar-refractivity contribution in [1.82, 2.24) is 9.97 Å². The minimum atomic E-state index is 0.139. The highest BCUT2D eigenvalue weighted by atomic mass is 16.3. The van der Waals surface area contributed by atoms with Gasteiger partial charge in [0.15, 0.2) is 0 Å². The van der Waals surface area contributed by atoms with Crippen molar-refractivity contribution in [3.63, 3.8) is 0 Å². The average Bonchev–Trinajstić information content (AvgIpc) is 2.37. The maximum absolute atomic E-state index is 9.18. The number of nitrogens with zero attached hydrogens (tertiary/aromatic N) is 3. The summed E-state index contributed by atoms with van der Waals surface area (Å²) in [5.41, 5.74) is 5.68. The van der Waals surface area contributed by atoms with Crippen LogP contribution in [0.15, 0.2) is 12.4 Å². The van der Waals surface area contributed by atoms with Crippen molar-refractivity contribution in [3.8, 4) is 0 Å². The zero-order valence-electron chi connectivity index (χ0n) is 10.0. The fourth-order valence-electron chi connectivity index (χ4n) is 2.50. The van der Waals surface area contributed by atoms with Gasteiger partial charge in [-0.3, -0.25) is 0 Å². The van der Waals surface area contributed by atoms with Gasteiger partial charge in [-0.25, -0.2) is 9.97 Å². The molecule has 0 aliphatic heterocycles. The monoisotopic (exact) mass is 236 g/mol. The van der Waals surface area contributed by atoms with Crippen molar-refractivity contribution in [1.29, 1.82) is 0 Å². The molecule has 1 aromatic heterocycles. The van der Waals surface area contributed by atoms with Crippen LogP contribution in [0.5, 0.6) is 0 Å². The van der Waals surface area contributed by atoms with Crippen LogP contribution in [0.1, 0.15) is 32.1 Å². The topological polar surface area (TPSA) is 75.3 Å². The fourth-order valence-corrected chi connectivity index (χ4v) is 2.50. The lowest BCUT2D eigenvalue weighted by Crippen LogP contribution is -2.39. The molecular weight excluding hydrogens is 216 g/mol. The molecule has 1 aromatic rings. The summed E-state index contributed by atoms with van der Waals surface area (Å²) >= 11 is 0. The highest BCUT2D eigenvalue weighted by molar-refractivity contribution is 5.46. The first-order chi connectivity index (χ1) is 8.31. The molecule has 5 heteroatoms. The maximum atomic E-state index is 9.18. The van der Waals surface area contributed by atoms with Crippen molar-refractivity contribution in [3.05, 3.63) is 12.4 Å². The van der Waals surface area contributed by atoms with E-state index in [2.05, 4.69) is 14.9 Å². The first-order valence-corrected chi connectivity index (χ1v) is 6.26. The molecule has 3 N–H and O–H groups in total. The van der Waals surface area contributed by atoms with Gasteiger partial charge in [0.25, 0.3) is 0 Å². The van der Waals surface area contributed by atoms with Gasteiger partial charge in [0.1, 0.15) is 18.0 Å². The number of aliphatic hydroxyl groups excluding tert-OH is 1. The third-order valence-corrected chi connectivity index (χ3v) is 3.32. The van der Waals surface area contributed by atoms with E-state index in [1.807, 2.05) is 0 Å². The molecule has 1 fully saturated rings. The molecule has 1 heterocycles. The minimum absolute atomic E-state index is 0.139. The van der Waals surface area contributed by atoms with Crippen molar-refractivity contribution >= 4 is 11.6 Å². The number of anilines is 2. The molecule has 94 valence electrons. The first kappa shape index (κ1) is 12.1. The molecular formula is C12H20N4O. The molecule has 0 atom stereocenters. The SMILES string of the molecule is Nc1cc(N(CCO)C2CCCCC2)ncn1. The van der Waals surface area contributed by atoms with Crippen LogP contribution in [0, 0.1) is 0 Å². The summed E-state index contributed by atoms with van der Waals surface area (Å²) in [6.07, 6.45) is 7.65. The molecule has 1 saturated carbocycles. The van der Waals surface area contributed by atoms with E-state index in [1.54, 1.807) is 6.07 Å². The Balaban J connectivity index is 2.15. The summed E-state index contributed by atoms with van der Waals surface area (Å²) in [4.78, 5) is 10.3. The Morgan fingerprint density at radius 2 is 2.06 bits per heavy atom. The van der Waals surface area contributed by atoms with Crippen LogP contribution < -0.4 is 10.6 Å². The molecule has 1 aliphatic carbocycles. The van der Waals surface area contributed by atoms with Crippen molar-refractivity contribution in [2.24, 2.45) is 0 Å². The van der Waals surface area contributed by atoms with Gasteiger partial charge in [-0.15, -0.1) is 0 Å². The normalized spacial score (nSPS) is 17.0. The molecule has 0 amide bonds. The van der Waals surface area contributed by atoms with E-state index in [0.29, 0.717) is 18.4 Å². The van der Waals surface area contributed by atoms with Gasteiger partial charge in [-0.05, 0) is 12.8 Å². The van der Waals surface area contributed by atoms with Crippen molar-refractivity contribution in [2.45, 2.75) is 38.1 Å². The van der Waals surface area contributed by atoms with E-state index >= 15 is 0 Å². The molecule has 5 nitrogen and oxygen atoms in total. The van der Waals surface area contributed by atoms with Crippen LogP contribution in [-0.2, 0) is 0 Å². The van der Waals surface area contributed by atoms with Crippen LogP contribution in [0.2, 0.25) is 0 Å². The second-order valence-corrected chi connectivity index (χ2v) is 4.51. The molecule has 0 bridgehead atoms. The first-order valence-electron chi connectivity index (χ1n) is 6.26. The lowest BCUT2D eigenvalue weighted by atomic mass is 9.94. The quantitative estimate of drug-likeness (QED) is 0.821. The largest absolute Gasteiger partial charge is 0.395 e. The summed E-state index contributed by atoms with van der Waals surface area (Å²) in [5.74, 6) is 1.31. The smallest absolute Gasteiger partial charge is 0.134 e. The summed E-state index contributed by atoms with van der Waals surface area (Å²) in [6, 6.07) is 2.26. The van der Waals surface area contributed by atoms with Crippen molar-refractivity contribution < 1.29 is 5.11 Å². The van der Waals surface area contributed by atoms with Crippen LogP contribution in [0.25, 0.3) is 0 Å².